The second-order valence-electron chi connectivity index (χ2n) is 7.12. The van der Waals surface area contributed by atoms with E-state index in [1.54, 1.807) is 25.1 Å². The lowest BCUT2D eigenvalue weighted by Crippen LogP contribution is -2.24. The number of hydrogen-bond acceptors (Lipinski definition) is 6. The number of ether oxygens (including phenoxy) is 1. The van der Waals surface area contributed by atoms with E-state index in [0.717, 1.165) is 19.3 Å². The number of amides is 1. The number of carbonyl (C=O) groups excluding carboxylic acids is 2. The first-order chi connectivity index (χ1) is 13.4. The summed E-state index contributed by atoms with van der Waals surface area (Å²) in [6, 6.07) is 7.11. The van der Waals surface area contributed by atoms with Crippen molar-refractivity contribution in [1.29, 1.82) is 0 Å². The molecule has 148 valence electrons. The number of methoxy groups -OCH3 is 1. The van der Waals surface area contributed by atoms with Crippen molar-refractivity contribution in [2.24, 2.45) is 11.0 Å². The third-order valence-electron chi connectivity index (χ3n) is 4.91. The summed E-state index contributed by atoms with van der Waals surface area (Å²) < 4.78 is 5.18. The fraction of sp³-hybridized carbons (Fsp3) is 0.381. The summed E-state index contributed by atoms with van der Waals surface area (Å²) in [4.78, 5) is 25.4. The van der Waals surface area contributed by atoms with Crippen molar-refractivity contribution in [2.45, 2.75) is 39.5 Å². The van der Waals surface area contributed by atoms with Gasteiger partial charge >= 0.3 is 0 Å². The monoisotopic (exact) mass is 399 g/mol. The molecule has 7 heteroatoms. The van der Waals surface area contributed by atoms with Crippen LogP contribution in [0.15, 0.2) is 29.4 Å². The Labute approximate surface area is 168 Å². The molecule has 28 heavy (non-hydrogen) atoms. The number of thiophene rings is 1. The van der Waals surface area contributed by atoms with Crippen LogP contribution in [0.25, 0.3) is 0 Å². The number of hydrazone groups is 1. The molecule has 1 heterocycles. The lowest BCUT2D eigenvalue weighted by molar-refractivity contribution is -0.304. The van der Waals surface area contributed by atoms with E-state index in [0.29, 0.717) is 33.4 Å². The summed E-state index contributed by atoms with van der Waals surface area (Å²) in [6.07, 6.45) is 2.96. The first-order valence-electron chi connectivity index (χ1n) is 9.20. The number of carboxylic acids is 1. The molecule has 0 aliphatic heterocycles. The quantitative estimate of drug-likeness (QED) is 0.596. The Morgan fingerprint density at radius 1 is 1.36 bits per heavy atom. The highest BCUT2D eigenvalue weighted by Crippen LogP contribution is 2.32. The van der Waals surface area contributed by atoms with E-state index in [-0.39, 0.29) is 12.3 Å². The maximum atomic E-state index is 12.5. The van der Waals surface area contributed by atoms with Gasteiger partial charge in [-0.25, -0.2) is 5.43 Å². The van der Waals surface area contributed by atoms with E-state index in [2.05, 4.69) is 17.5 Å². The number of nitrogens with zero attached hydrogens (tertiary/aromatic N) is 1. The minimum absolute atomic E-state index is 0.227. The molecular weight excluding hydrogens is 376 g/mol. The molecule has 1 aromatic carbocycles. The number of carbonyl (C=O) groups is 2. The second kappa shape index (κ2) is 8.56. The lowest BCUT2D eigenvalue weighted by Gasteiger charge is -2.16. The molecule has 1 aliphatic carbocycles. The molecule has 0 radical (unpaired) electrons. The van der Waals surface area contributed by atoms with Gasteiger partial charge in [-0.3, -0.25) is 4.79 Å². The molecule has 0 unspecified atom stereocenters. The van der Waals surface area contributed by atoms with Crippen molar-refractivity contribution in [1.82, 2.24) is 5.43 Å². The van der Waals surface area contributed by atoms with Crippen molar-refractivity contribution >= 4 is 28.9 Å². The molecule has 0 saturated carbocycles. The van der Waals surface area contributed by atoms with Gasteiger partial charge < -0.3 is 14.6 Å². The zero-order valence-corrected chi connectivity index (χ0v) is 17.0. The molecule has 1 N–H and O–H groups in total. The topological polar surface area (TPSA) is 90.8 Å². The molecule has 1 aliphatic rings. The molecule has 0 saturated heterocycles. The fourth-order valence-corrected chi connectivity index (χ4v) is 4.47. The smallest absolute Gasteiger partial charge is 0.281 e. The number of benzene rings is 1. The largest absolute Gasteiger partial charge is 0.550 e. The number of nitrogens with one attached hydrogen (secondary N) is 1. The fourth-order valence-electron chi connectivity index (χ4n) is 3.37. The van der Waals surface area contributed by atoms with Crippen LogP contribution in [0, 0.1) is 5.92 Å². The average Bonchev–Trinajstić information content (AvgIpc) is 3.08. The van der Waals surface area contributed by atoms with Crippen LogP contribution in [0.4, 0.5) is 0 Å². The Morgan fingerprint density at radius 3 is 2.86 bits per heavy atom. The Bertz CT molecular complexity index is 932. The standard InChI is InChI=1S/C21H24N2O4S/c1-12-4-7-18-16(8-12)10-19(28-18)21(26)23-22-13(2)14-5-6-17(27-3)15(9-14)11-20(24)25/h5-6,9-10,12H,4,7-8,11H2,1-3H3,(H,23,26)(H,24,25)/p-1/b22-13-/t12-/m0/s1. The Hall–Kier alpha value is -2.67. The zero-order chi connectivity index (χ0) is 20.3. The summed E-state index contributed by atoms with van der Waals surface area (Å²) in [5, 5.41) is 15.1. The summed E-state index contributed by atoms with van der Waals surface area (Å²) >= 11 is 1.54. The molecule has 6 nitrogen and oxygen atoms in total. The molecule has 0 spiro atoms. The van der Waals surface area contributed by atoms with Crippen molar-refractivity contribution in [2.75, 3.05) is 7.11 Å². The van der Waals surface area contributed by atoms with Crippen LogP contribution in [0.5, 0.6) is 5.75 Å². The Morgan fingerprint density at radius 2 is 2.14 bits per heavy atom. The van der Waals surface area contributed by atoms with Crippen molar-refractivity contribution < 1.29 is 19.4 Å². The van der Waals surface area contributed by atoms with Gasteiger partial charge in [0.1, 0.15) is 5.75 Å². The molecular formula is C21H23N2O4S-. The number of fused-ring (bicyclic) bond motifs is 1. The first kappa shape index (κ1) is 20.1. The van der Waals surface area contributed by atoms with E-state index >= 15 is 0 Å². The van der Waals surface area contributed by atoms with Crippen LogP contribution < -0.4 is 15.3 Å². The van der Waals surface area contributed by atoms with Crippen molar-refractivity contribution in [3.8, 4) is 5.75 Å². The number of aryl methyl sites for hydroxylation is 1. The first-order valence-corrected chi connectivity index (χ1v) is 10.0. The average molecular weight is 399 g/mol. The van der Waals surface area contributed by atoms with Gasteiger partial charge in [0.15, 0.2) is 0 Å². The van der Waals surface area contributed by atoms with Gasteiger partial charge in [-0.2, -0.15) is 5.10 Å². The van der Waals surface area contributed by atoms with E-state index in [1.807, 2.05) is 6.07 Å². The van der Waals surface area contributed by atoms with Crippen molar-refractivity contribution in [3.05, 3.63) is 50.7 Å². The van der Waals surface area contributed by atoms with Crippen LogP contribution in [0.3, 0.4) is 0 Å². The maximum absolute atomic E-state index is 12.5. The van der Waals surface area contributed by atoms with E-state index < -0.39 is 5.97 Å². The molecule has 1 atom stereocenters. The molecule has 3 rings (SSSR count). The zero-order valence-electron chi connectivity index (χ0n) is 16.2. The van der Waals surface area contributed by atoms with Gasteiger partial charge in [-0.05, 0) is 67.5 Å². The normalized spacial score (nSPS) is 16.4. The van der Waals surface area contributed by atoms with E-state index in [1.165, 1.54) is 28.9 Å². The van der Waals surface area contributed by atoms with Gasteiger partial charge in [0.25, 0.3) is 5.91 Å². The summed E-state index contributed by atoms with van der Waals surface area (Å²) in [6.45, 7) is 3.99. The van der Waals surface area contributed by atoms with Gasteiger partial charge in [0, 0.05) is 22.8 Å². The highest BCUT2D eigenvalue weighted by atomic mass is 32.1. The van der Waals surface area contributed by atoms with E-state index in [4.69, 9.17) is 4.74 Å². The minimum atomic E-state index is -1.19. The SMILES string of the molecule is COc1ccc(/C(C)=N\NC(=O)c2cc3c(s2)CC[C@H](C)C3)cc1CC(=O)[O-]. The Balaban J connectivity index is 1.73. The molecule has 0 bridgehead atoms. The Kier molecular flexibility index (Phi) is 6.14. The maximum Gasteiger partial charge on any atom is 0.281 e. The number of rotatable bonds is 6. The van der Waals surface area contributed by atoms with Gasteiger partial charge in [-0.15, -0.1) is 11.3 Å². The van der Waals surface area contributed by atoms with Crippen LogP contribution in [-0.2, 0) is 24.1 Å². The summed E-state index contributed by atoms with van der Waals surface area (Å²) in [7, 11) is 1.48. The minimum Gasteiger partial charge on any atom is -0.550 e. The van der Waals surface area contributed by atoms with Gasteiger partial charge in [0.05, 0.1) is 17.7 Å². The number of aliphatic carboxylic acids is 1. The second-order valence-corrected chi connectivity index (χ2v) is 8.26. The van der Waals surface area contributed by atoms with Gasteiger partial charge in [-0.1, -0.05) is 6.92 Å². The molecule has 0 fully saturated rings. The number of carboxylic acid groups (broad SMARTS) is 1. The van der Waals surface area contributed by atoms with Gasteiger partial charge in [0.2, 0.25) is 0 Å². The number of hydrogen-bond donors (Lipinski definition) is 1. The molecule has 1 aromatic heterocycles. The predicted octanol–water partition coefficient (Wildman–Crippen LogP) is 2.33. The third-order valence-corrected chi connectivity index (χ3v) is 6.15. The summed E-state index contributed by atoms with van der Waals surface area (Å²) in [5.74, 6) is -0.282. The van der Waals surface area contributed by atoms with Crippen LogP contribution >= 0.6 is 11.3 Å². The van der Waals surface area contributed by atoms with Crippen LogP contribution in [0.1, 0.15) is 51.5 Å². The molecule has 2 aromatic rings. The van der Waals surface area contributed by atoms with Crippen LogP contribution in [0.2, 0.25) is 0 Å². The van der Waals surface area contributed by atoms with Crippen LogP contribution in [-0.4, -0.2) is 24.7 Å². The highest BCUT2D eigenvalue weighted by Gasteiger charge is 2.20. The van der Waals surface area contributed by atoms with E-state index in [9.17, 15) is 14.7 Å². The van der Waals surface area contributed by atoms with Crippen molar-refractivity contribution in [3.63, 3.8) is 0 Å². The summed E-state index contributed by atoms with van der Waals surface area (Å²) in [5.41, 5.74) is 5.66. The third kappa shape index (κ3) is 4.59. The molecule has 1 amide bonds. The lowest BCUT2D eigenvalue weighted by atomic mass is 9.90. The predicted molar refractivity (Wildman–Crippen MR) is 107 cm³/mol. The highest BCUT2D eigenvalue weighted by molar-refractivity contribution is 7.14.